The molecule has 3 heterocycles. The van der Waals surface area contributed by atoms with Crippen molar-refractivity contribution in [3.8, 4) is 0 Å². The van der Waals surface area contributed by atoms with Crippen LogP contribution in [-0.4, -0.2) is 57.1 Å². The highest BCUT2D eigenvalue weighted by atomic mass is 16.2. The molecule has 3 amide bonds. The lowest BCUT2D eigenvalue weighted by Gasteiger charge is -2.24. The highest BCUT2D eigenvalue weighted by Crippen LogP contribution is 2.47. The molecule has 2 saturated carbocycles. The summed E-state index contributed by atoms with van der Waals surface area (Å²) in [4.78, 5) is 53.9. The maximum Gasteiger partial charge on any atom is 0.256 e. The third-order valence-electron chi connectivity index (χ3n) is 8.05. The fourth-order valence-electron chi connectivity index (χ4n) is 6.05. The van der Waals surface area contributed by atoms with E-state index in [0.29, 0.717) is 31.5 Å². The van der Waals surface area contributed by atoms with E-state index in [1.807, 2.05) is 31.2 Å². The van der Waals surface area contributed by atoms with Gasteiger partial charge in [-0.3, -0.25) is 34.2 Å². The molecule has 0 aromatic carbocycles. The highest BCUT2D eigenvalue weighted by Gasteiger charge is 2.50. The number of nitrogens with two attached hydrogens (primary N) is 1. The fraction of sp³-hybridized carbons (Fsp3) is 0.400. The third-order valence-corrected chi connectivity index (χ3v) is 8.05. The first-order chi connectivity index (χ1) is 18.9. The molecule has 1 spiro atoms. The van der Waals surface area contributed by atoms with Crippen LogP contribution in [0.3, 0.4) is 0 Å². The van der Waals surface area contributed by atoms with Crippen LogP contribution in [-0.2, 0) is 19.8 Å². The van der Waals surface area contributed by atoms with E-state index in [4.69, 9.17) is 10.7 Å². The second kappa shape index (κ2) is 10.9. The van der Waals surface area contributed by atoms with E-state index in [9.17, 15) is 14.4 Å². The van der Waals surface area contributed by atoms with Gasteiger partial charge in [-0.15, -0.1) is 0 Å². The van der Waals surface area contributed by atoms with Crippen molar-refractivity contribution in [2.24, 2.45) is 10.7 Å². The van der Waals surface area contributed by atoms with E-state index in [1.165, 1.54) is 4.90 Å². The van der Waals surface area contributed by atoms with Crippen molar-refractivity contribution in [1.82, 2.24) is 20.2 Å². The van der Waals surface area contributed by atoms with Gasteiger partial charge >= 0.3 is 0 Å². The van der Waals surface area contributed by atoms with Gasteiger partial charge in [0, 0.05) is 36.9 Å². The van der Waals surface area contributed by atoms with Gasteiger partial charge in [0.2, 0.25) is 11.8 Å². The van der Waals surface area contributed by atoms with Crippen molar-refractivity contribution in [2.45, 2.75) is 62.8 Å². The first-order valence-electron chi connectivity index (χ1n) is 13.6. The Bertz CT molecular complexity index is 1350. The normalized spacial score (nSPS) is 24.1. The smallest absolute Gasteiger partial charge is 0.256 e. The lowest BCUT2D eigenvalue weighted by molar-refractivity contribution is -0.134. The summed E-state index contributed by atoms with van der Waals surface area (Å²) in [6.07, 6.45) is 15.8. The molecule has 2 aliphatic carbocycles. The van der Waals surface area contributed by atoms with Crippen LogP contribution < -0.4 is 11.1 Å². The van der Waals surface area contributed by atoms with Crippen molar-refractivity contribution in [3.63, 3.8) is 0 Å². The number of hydrogen-bond acceptors (Lipinski definition) is 6. The van der Waals surface area contributed by atoms with E-state index in [-0.39, 0.29) is 30.8 Å². The summed E-state index contributed by atoms with van der Waals surface area (Å²) in [6.45, 7) is 2.20. The van der Waals surface area contributed by atoms with Gasteiger partial charge in [-0.1, -0.05) is 38.0 Å². The monoisotopic (exact) mass is 526 g/mol. The van der Waals surface area contributed by atoms with Crippen molar-refractivity contribution in [3.05, 3.63) is 83.5 Å². The molecule has 5 rings (SSSR count). The molecule has 9 heteroatoms. The number of primary amides is 1. The maximum atomic E-state index is 13.5. The van der Waals surface area contributed by atoms with Gasteiger partial charge in [-0.25, -0.2) is 0 Å². The second-order valence-electron chi connectivity index (χ2n) is 10.5. The molecule has 3 N–H and O–H groups in total. The number of carbonyl (C=O) groups excluding carboxylic acids is 3. The number of pyridine rings is 2. The van der Waals surface area contributed by atoms with E-state index in [0.717, 1.165) is 41.5 Å². The summed E-state index contributed by atoms with van der Waals surface area (Å²) in [5, 5.41) is 2.93. The summed E-state index contributed by atoms with van der Waals surface area (Å²) in [5.74, 6) is -0.269. The van der Waals surface area contributed by atoms with Gasteiger partial charge < -0.3 is 11.1 Å². The topological polar surface area (TPSA) is 131 Å². The standard InChI is InChI=1S/C30H34N6O3/c1-2-7-21-16-29(27(31)38,24-9-6-14-33-19-24)17-22(21)10-15-34-25(37)20-36-26(23-8-5-13-32-18-23)35-30(28(36)39)11-3-4-12-30/h5-10,13-14,18-19H,2-4,11-12,15-17,20H2,1H3,(H2,31,38)(H,34,37)/b21-7-,22-10-/t29-/m1/s1. The largest absolute Gasteiger partial charge is 0.369 e. The quantitative estimate of drug-likeness (QED) is 0.546. The minimum Gasteiger partial charge on any atom is -0.369 e. The molecular formula is C30H34N6O3. The number of carbonyl (C=O) groups is 3. The van der Waals surface area contributed by atoms with E-state index in [2.05, 4.69) is 21.4 Å². The van der Waals surface area contributed by atoms with Crippen LogP contribution in [0.4, 0.5) is 0 Å². The Morgan fingerprint density at radius 1 is 1.05 bits per heavy atom. The molecule has 2 aromatic heterocycles. The molecule has 1 aliphatic heterocycles. The van der Waals surface area contributed by atoms with Gasteiger partial charge in [-0.2, -0.15) is 0 Å². The first kappa shape index (κ1) is 26.5. The molecular weight excluding hydrogens is 492 g/mol. The Kier molecular flexibility index (Phi) is 7.41. The summed E-state index contributed by atoms with van der Waals surface area (Å²) < 4.78 is 0. The number of aliphatic imine (C=N–C) groups is 1. The molecule has 3 aliphatic rings. The average molecular weight is 527 g/mol. The minimum absolute atomic E-state index is 0.112. The number of nitrogens with one attached hydrogen (secondary N) is 1. The highest BCUT2D eigenvalue weighted by molar-refractivity contribution is 6.16. The zero-order chi connectivity index (χ0) is 27.5. The van der Waals surface area contributed by atoms with Crippen LogP contribution in [0.25, 0.3) is 0 Å². The summed E-state index contributed by atoms with van der Waals surface area (Å²) in [5.41, 5.74) is 7.87. The van der Waals surface area contributed by atoms with Crippen LogP contribution in [0.1, 0.15) is 63.0 Å². The van der Waals surface area contributed by atoms with Crippen LogP contribution >= 0.6 is 0 Å². The Balaban J connectivity index is 1.30. The molecule has 1 atom stereocenters. The molecule has 202 valence electrons. The predicted octanol–water partition coefficient (Wildman–Crippen LogP) is 2.97. The van der Waals surface area contributed by atoms with Crippen molar-refractivity contribution >= 4 is 23.6 Å². The van der Waals surface area contributed by atoms with E-state index in [1.54, 1.807) is 30.9 Å². The van der Waals surface area contributed by atoms with Gasteiger partial charge in [-0.05, 0) is 67.0 Å². The van der Waals surface area contributed by atoms with E-state index >= 15 is 0 Å². The third kappa shape index (κ3) is 5.01. The first-order valence-corrected chi connectivity index (χ1v) is 13.6. The molecule has 0 unspecified atom stereocenters. The summed E-state index contributed by atoms with van der Waals surface area (Å²) in [7, 11) is 0. The number of hydrogen-bond donors (Lipinski definition) is 2. The molecule has 2 aromatic rings. The molecule has 9 nitrogen and oxygen atoms in total. The minimum atomic E-state index is -0.863. The van der Waals surface area contributed by atoms with Gasteiger partial charge in [0.05, 0.1) is 5.41 Å². The Morgan fingerprint density at radius 3 is 2.36 bits per heavy atom. The lowest BCUT2D eigenvalue weighted by atomic mass is 9.78. The Hall–Kier alpha value is -4.14. The number of aromatic nitrogens is 2. The average Bonchev–Trinajstić information content (AvgIpc) is 3.64. The van der Waals surface area contributed by atoms with E-state index < -0.39 is 11.0 Å². The van der Waals surface area contributed by atoms with Crippen molar-refractivity contribution in [1.29, 1.82) is 0 Å². The van der Waals surface area contributed by atoms with Gasteiger partial charge in [0.25, 0.3) is 5.91 Å². The predicted molar refractivity (Wildman–Crippen MR) is 147 cm³/mol. The zero-order valence-corrected chi connectivity index (χ0v) is 22.2. The second-order valence-corrected chi connectivity index (χ2v) is 10.5. The molecule has 2 fully saturated rings. The Labute approximate surface area is 228 Å². The number of nitrogens with zero attached hydrogens (tertiary/aromatic N) is 4. The number of rotatable bonds is 8. The van der Waals surface area contributed by atoms with Crippen LogP contribution in [0, 0.1) is 0 Å². The summed E-state index contributed by atoms with van der Waals surface area (Å²) in [6, 6.07) is 7.35. The zero-order valence-electron chi connectivity index (χ0n) is 22.2. The molecule has 39 heavy (non-hydrogen) atoms. The number of amidine groups is 1. The molecule has 0 saturated heterocycles. The maximum absolute atomic E-state index is 13.5. The van der Waals surface area contributed by atoms with Gasteiger partial charge in [0.1, 0.15) is 17.9 Å². The SMILES string of the molecule is CC/C=C1/C[C@](C(N)=O)(c2cccnc2)C/C1=C/CNC(=O)CN1C(=O)C2(CCCC2)N=C1c1cccnc1. The van der Waals surface area contributed by atoms with Crippen molar-refractivity contribution in [2.75, 3.05) is 13.1 Å². The lowest BCUT2D eigenvalue weighted by Crippen LogP contribution is -2.46. The summed E-state index contributed by atoms with van der Waals surface area (Å²) >= 11 is 0. The molecule has 0 bridgehead atoms. The van der Waals surface area contributed by atoms with Crippen LogP contribution in [0.2, 0.25) is 0 Å². The van der Waals surface area contributed by atoms with Crippen LogP contribution in [0.5, 0.6) is 0 Å². The number of allylic oxidation sites excluding steroid dienone is 3. The van der Waals surface area contributed by atoms with Gasteiger partial charge in [0.15, 0.2) is 0 Å². The van der Waals surface area contributed by atoms with Crippen LogP contribution in [0.15, 0.2) is 77.3 Å². The fourth-order valence-corrected chi connectivity index (χ4v) is 6.05. The number of amides is 3. The van der Waals surface area contributed by atoms with Crippen molar-refractivity contribution < 1.29 is 14.4 Å². The molecule has 0 radical (unpaired) electrons. The Morgan fingerprint density at radius 2 is 1.74 bits per heavy atom.